The molecule has 1 fully saturated rings. The molecule has 3 nitrogen and oxygen atoms in total. The first-order valence-electron chi connectivity index (χ1n) is 6.85. The van der Waals surface area contributed by atoms with E-state index in [2.05, 4.69) is 24.5 Å². The molecule has 1 aromatic heterocycles. The van der Waals surface area contributed by atoms with Gasteiger partial charge in [-0.3, -0.25) is 0 Å². The van der Waals surface area contributed by atoms with Gasteiger partial charge in [0.25, 0.3) is 0 Å². The van der Waals surface area contributed by atoms with Gasteiger partial charge in [0.1, 0.15) is 5.01 Å². The molecule has 0 radical (unpaired) electrons. The summed E-state index contributed by atoms with van der Waals surface area (Å²) in [5.74, 6) is 0.647. The highest BCUT2D eigenvalue weighted by Gasteiger charge is 2.41. The summed E-state index contributed by atoms with van der Waals surface area (Å²) in [7, 11) is 1.76. The number of rotatable bonds is 5. The predicted octanol–water partition coefficient (Wildman–Crippen LogP) is 3.09. The third kappa shape index (κ3) is 2.76. The molecule has 1 aliphatic rings. The van der Waals surface area contributed by atoms with Gasteiger partial charge in [0.15, 0.2) is 0 Å². The van der Waals surface area contributed by atoms with Crippen molar-refractivity contribution >= 4 is 11.3 Å². The topological polar surface area (TPSA) is 34.1 Å². The van der Waals surface area contributed by atoms with Crippen molar-refractivity contribution < 1.29 is 4.74 Å². The molecule has 0 amide bonds. The maximum atomic E-state index is 5.17. The number of aromatic nitrogens is 1. The number of thiazole rings is 1. The maximum Gasteiger partial charge on any atom is 0.113 e. The molecule has 0 spiro atoms. The Bertz CT molecular complexity index is 380. The van der Waals surface area contributed by atoms with Crippen LogP contribution in [0, 0.1) is 12.8 Å². The molecule has 0 aliphatic heterocycles. The Balaban J connectivity index is 2.20. The van der Waals surface area contributed by atoms with Crippen molar-refractivity contribution in [2.24, 2.45) is 5.92 Å². The molecule has 2 atom stereocenters. The monoisotopic (exact) mass is 268 g/mol. The van der Waals surface area contributed by atoms with Gasteiger partial charge in [-0.15, -0.1) is 11.3 Å². The second-order valence-corrected chi connectivity index (χ2v) is 6.19. The average Bonchev–Trinajstić information content (AvgIpc) is 2.79. The fourth-order valence-electron chi connectivity index (χ4n) is 2.94. The number of ether oxygens (including phenoxy) is 1. The van der Waals surface area contributed by atoms with Crippen molar-refractivity contribution in [2.75, 3.05) is 20.3 Å². The van der Waals surface area contributed by atoms with Gasteiger partial charge in [-0.25, -0.2) is 4.98 Å². The Morgan fingerprint density at radius 2 is 2.39 bits per heavy atom. The van der Waals surface area contributed by atoms with Crippen molar-refractivity contribution in [1.29, 1.82) is 0 Å². The van der Waals surface area contributed by atoms with Crippen LogP contribution in [0.1, 0.15) is 43.3 Å². The van der Waals surface area contributed by atoms with Gasteiger partial charge in [-0.2, -0.15) is 0 Å². The summed E-state index contributed by atoms with van der Waals surface area (Å²) in [5, 5.41) is 7.17. The van der Waals surface area contributed by atoms with E-state index in [0.29, 0.717) is 5.92 Å². The van der Waals surface area contributed by atoms with E-state index in [9.17, 15) is 0 Å². The Labute approximate surface area is 114 Å². The summed E-state index contributed by atoms with van der Waals surface area (Å²) in [6.07, 6.45) is 5.13. The highest BCUT2D eigenvalue weighted by molar-refractivity contribution is 7.09. The van der Waals surface area contributed by atoms with Gasteiger partial charge in [0.2, 0.25) is 0 Å². The van der Waals surface area contributed by atoms with Crippen LogP contribution in [0.5, 0.6) is 0 Å². The molecule has 18 heavy (non-hydrogen) atoms. The molecule has 0 saturated heterocycles. The molecule has 0 aromatic carbocycles. The first kappa shape index (κ1) is 14.0. The molecule has 4 heteroatoms. The summed E-state index contributed by atoms with van der Waals surface area (Å²) in [5.41, 5.74) is 1.22. The zero-order chi connectivity index (χ0) is 13.0. The highest BCUT2D eigenvalue weighted by atomic mass is 32.1. The van der Waals surface area contributed by atoms with Crippen LogP contribution in [-0.4, -0.2) is 25.2 Å². The minimum Gasteiger partial charge on any atom is -0.383 e. The van der Waals surface area contributed by atoms with E-state index in [1.54, 1.807) is 18.4 Å². The largest absolute Gasteiger partial charge is 0.383 e. The number of hydrogen-bond donors (Lipinski definition) is 1. The van der Waals surface area contributed by atoms with Gasteiger partial charge in [-0.1, -0.05) is 19.8 Å². The van der Waals surface area contributed by atoms with E-state index in [-0.39, 0.29) is 5.54 Å². The van der Waals surface area contributed by atoms with E-state index < -0.39 is 0 Å². The third-order valence-corrected chi connectivity index (χ3v) is 5.18. The average molecular weight is 268 g/mol. The molecular formula is C14H24N2OS. The van der Waals surface area contributed by atoms with Crippen LogP contribution in [0.25, 0.3) is 0 Å². The predicted molar refractivity (Wildman–Crippen MR) is 76.0 cm³/mol. The second kappa shape index (κ2) is 6.13. The number of nitrogens with zero attached hydrogens (tertiary/aromatic N) is 1. The fourth-order valence-corrected chi connectivity index (χ4v) is 4.06. The van der Waals surface area contributed by atoms with Gasteiger partial charge < -0.3 is 10.1 Å². The number of nitrogens with one attached hydrogen (secondary N) is 1. The van der Waals surface area contributed by atoms with Crippen LogP contribution < -0.4 is 5.32 Å². The van der Waals surface area contributed by atoms with Gasteiger partial charge >= 0.3 is 0 Å². The highest BCUT2D eigenvalue weighted by Crippen LogP contribution is 2.42. The van der Waals surface area contributed by atoms with Crippen LogP contribution in [0.2, 0.25) is 0 Å². The first-order valence-corrected chi connectivity index (χ1v) is 7.73. The number of aryl methyl sites for hydroxylation is 1. The molecule has 1 aromatic rings. The van der Waals surface area contributed by atoms with E-state index >= 15 is 0 Å². The molecule has 2 rings (SSSR count). The van der Waals surface area contributed by atoms with Gasteiger partial charge in [0, 0.05) is 24.7 Å². The summed E-state index contributed by atoms with van der Waals surface area (Å²) in [6.45, 7) is 6.10. The third-order valence-electron chi connectivity index (χ3n) is 4.05. The number of hydrogen-bond acceptors (Lipinski definition) is 4. The summed E-state index contributed by atoms with van der Waals surface area (Å²) >= 11 is 1.80. The SMILES string of the molecule is COCCNC1(c2nc(C)cs2)CCCCC1C. The minimum atomic E-state index is 0.0791. The minimum absolute atomic E-state index is 0.0791. The van der Waals surface area contributed by atoms with Crippen molar-refractivity contribution in [2.45, 2.75) is 45.1 Å². The Morgan fingerprint density at radius 1 is 1.56 bits per heavy atom. The Hall–Kier alpha value is -0.450. The van der Waals surface area contributed by atoms with Crippen LogP contribution in [0.15, 0.2) is 5.38 Å². The van der Waals surface area contributed by atoms with E-state index in [4.69, 9.17) is 9.72 Å². The second-order valence-electron chi connectivity index (χ2n) is 5.33. The normalized spacial score (nSPS) is 28.5. The lowest BCUT2D eigenvalue weighted by Crippen LogP contribution is -2.50. The van der Waals surface area contributed by atoms with E-state index in [1.807, 2.05) is 0 Å². The van der Waals surface area contributed by atoms with Crippen molar-refractivity contribution in [1.82, 2.24) is 10.3 Å². The van der Waals surface area contributed by atoms with Crippen LogP contribution >= 0.6 is 11.3 Å². The molecule has 1 saturated carbocycles. The van der Waals surface area contributed by atoms with Gasteiger partial charge in [0.05, 0.1) is 12.1 Å². The van der Waals surface area contributed by atoms with E-state index in [1.165, 1.54) is 30.7 Å². The van der Waals surface area contributed by atoms with E-state index in [0.717, 1.165) is 18.8 Å². The molecule has 0 bridgehead atoms. The summed E-state index contributed by atoms with van der Waals surface area (Å²) in [4.78, 5) is 4.75. The van der Waals surface area contributed by atoms with Crippen molar-refractivity contribution in [3.63, 3.8) is 0 Å². The van der Waals surface area contributed by atoms with Crippen LogP contribution in [0.3, 0.4) is 0 Å². The standard InChI is InChI=1S/C14H24N2OS/c1-11-6-4-5-7-14(11,15-8-9-17-3)13-16-12(2)10-18-13/h10-11,15H,4-9H2,1-3H3. The van der Waals surface area contributed by atoms with Crippen molar-refractivity contribution in [3.05, 3.63) is 16.1 Å². The molecule has 2 unspecified atom stereocenters. The number of methoxy groups -OCH3 is 1. The quantitative estimate of drug-likeness (QED) is 0.833. The summed E-state index contributed by atoms with van der Waals surface area (Å²) in [6, 6.07) is 0. The van der Waals surface area contributed by atoms with Crippen LogP contribution in [-0.2, 0) is 10.3 Å². The Kier molecular flexibility index (Phi) is 4.76. The zero-order valence-corrected chi connectivity index (χ0v) is 12.5. The lowest BCUT2D eigenvalue weighted by Gasteiger charge is -2.42. The zero-order valence-electron chi connectivity index (χ0n) is 11.7. The molecule has 1 N–H and O–H groups in total. The van der Waals surface area contributed by atoms with Crippen molar-refractivity contribution in [3.8, 4) is 0 Å². The molecule has 1 heterocycles. The molecule has 1 aliphatic carbocycles. The molecular weight excluding hydrogens is 244 g/mol. The smallest absolute Gasteiger partial charge is 0.113 e. The van der Waals surface area contributed by atoms with Gasteiger partial charge in [-0.05, 0) is 25.7 Å². The molecule has 102 valence electrons. The Morgan fingerprint density at radius 3 is 3.00 bits per heavy atom. The lowest BCUT2D eigenvalue weighted by molar-refractivity contribution is 0.128. The lowest BCUT2D eigenvalue weighted by atomic mass is 9.74. The van der Waals surface area contributed by atoms with Crippen LogP contribution in [0.4, 0.5) is 0 Å². The fraction of sp³-hybridized carbons (Fsp3) is 0.786. The maximum absolute atomic E-state index is 5.17. The summed E-state index contributed by atoms with van der Waals surface area (Å²) < 4.78 is 5.17. The first-order chi connectivity index (χ1) is 8.69.